The molecule has 1 amide bonds. The molecule has 1 atom stereocenters. The molecule has 0 spiro atoms. The quantitative estimate of drug-likeness (QED) is 0.900. The van der Waals surface area contributed by atoms with E-state index in [1.807, 2.05) is 12.1 Å². The van der Waals surface area contributed by atoms with Gasteiger partial charge in [-0.2, -0.15) is 4.31 Å². The Labute approximate surface area is 126 Å². The maximum Gasteiger partial charge on any atom is 0.243 e. The summed E-state index contributed by atoms with van der Waals surface area (Å²) in [6, 6.07) is 6.24. The van der Waals surface area contributed by atoms with Gasteiger partial charge in [-0.15, -0.1) is 0 Å². The van der Waals surface area contributed by atoms with E-state index >= 15 is 0 Å². The van der Waals surface area contributed by atoms with Crippen molar-refractivity contribution in [2.75, 3.05) is 13.1 Å². The standard InChI is InChI=1S/C15H22N2O3S/c1-11-14(18)16-9-10-17(11)21(19,20)13-7-5-12(6-8-13)15(2,3)4/h5-8,11H,9-10H2,1-4H3,(H,16,18). The molecule has 0 saturated carbocycles. The van der Waals surface area contributed by atoms with Gasteiger partial charge in [0.25, 0.3) is 0 Å². The molecule has 1 aliphatic rings. The minimum atomic E-state index is -3.63. The lowest BCUT2D eigenvalue weighted by Gasteiger charge is -2.31. The molecule has 1 fully saturated rings. The molecule has 2 rings (SSSR count). The zero-order chi connectivity index (χ0) is 15.8. The summed E-state index contributed by atoms with van der Waals surface area (Å²) in [4.78, 5) is 11.9. The zero-order valence-corrected chi connectivity index (χ0v) is 13.7. The number of hydrogen-bond acceptors (Lipinski definition) is 3. The molecule has 116 valence electrons. The first-order valence-corrected chi connectivity index (χ1v) is 8.48. The molecular formula is C15H22N2O3S. The molecule has 1 unspecified atom stereocenters. The average Bonchev–Trinajstić information content (AvgIpc) is 2.41. The zero-order valence-electron chi connectivity index (χ0n) is 12.9. The van der Waals surface area contributed by atoms with E-state index in [1.54, 1.807) is 19.1 Å². The van der Waals surface area contributed by atoms with Crippen LogP contribution in [0.2, 0.25) is 0 Å². The summed E-state index contributed by atoms with van der Waals surface area (Å²) in [5, 5.41) is 2.67. The van der Waals surface area contributed by atoms with Crippen molar-refractivity contribution in [3.8, 4) is 0 Å². The van der Waals surface area contributed by atoms with Gasteiger partial charge in [-0.25, -0.2) is 8.42 Å². The molecule has 0 aliphatic carbocycles. The van der Waals surface area contributed by atoms with Gasteiger partial charge in [0.2, 0.25) is 15.9 Å². The summed E-state index contributed by atoms with van der Waals surface area (Å²) in [6.07, 6.45) is 0. The summed E-state index contributed by atoms with van der Waals surface area (Å²) in [5.74, 6) is -0.254. The topological polar surface area (TPSA) is 66.5 Å². The van der Waals surface area contributed by atoms with Crippen LogP contribution in [0.25, 0.3) is 0 Å². The second-order valence-electron chi connectivity index (χ2n) is 6.36. The van der Waals surface area contributed by atoms with Gasteiger partial charge in [-0.05, 0) is 30.0 Å². The lowest BCUT2D eigenvalue weighted by Crippen LogP contribution is -2.55. The van der Waals surface area contributed by atoms with E-state index in [2.05, 4.69) is 26.1 Å². The van der Waals surface area contributed by atoms with Gasteiger partial charge < -0.3 is 5.32 Å². The molecule has 1 aromatic carbocycles. The Morgan fingerprint density at radius 3 is 2.29 bits per heavy atom. The third-order valence-corrected chi connectivity index (χ3v) is 5.75. The minimum Gasteiger partial charge on any atom is -0.353 e. The van der Waals surface area contributed by atoms with Gasteiger partial charge in [0.05, 0.1) is 4.90 Å². The van der Waals surface area contributed by atoms with Gasteiger partial charge in [0, 0.05) is 13.1 Å². The number of benzene rings is 1. The Hall–Kier alpha value is -1.40. The lowest BCUT2D eigenvalue weighted by molar-refractivity contribution is -0.126. The first kappa shape index (κ1) is 16.0. The number of sulfonamides is 1. The molecule has 1 aliphatic heterocycles. The number of nitrogens with one attached hydrogen (secondary N) is 1. The van der Waals surface area contributed by atoms with Crippen molar-refractivity contribution in [3.05, 3.63) is 29.8 Å². The van der Waals surface area contributed by atoms with Crippen molar-refractivity contribution >= 4 is 15.9 Å². The summed E-state index contributed by atoms with van der Waals surface area (Å²) < 4.78 is 26.6. The Kier molecular flexibility index (Phi) is 4.13. The van der Waals surface area contributed by atoms with E-state index < -0.39 is 16.1 Å². The van der Waals surface area contributed by atoms with Crippen LogP contribution in [0.4, 0.5) is 0 Å². The second kappa shape index (κ2) is 5.42. The highest BCUT2D eigenvalue weighted by Crippen LogP contribution is 2.25. The molecule has 1 heterocycles. The molecule has 21 heavy (non-hydrogen) atoms. The van der Waals surface area contributed by atoms with Crippen LogP contribution >= 0.6 is 0 Å². The van der Waals surface area contributed by atoms with E-state index in [1.165, 1.54) is 4.31 Å². The molecule has 1 saturated heterocycles. The highest BCUT2D eigenvalue weighted by atomic mass is 32.2. The Morgan fingerprint density at radius 1 is 1.19 bits per heavy atom. The van der Waals surface area contributed by atoms with Gasteiger partial charge in [-0.3, -0.25) is 4.79 Å². The average molecular weight is 310 g/mol. The van der Waals surface area contributed by atoms with Crippen molar-refractivity contribution < 1.29 is 13.2 Å². The van der Waals surface area contributed by atoms with Gasteiger partial charge >= 0.3 is 0 Å². The first-order valence-electron chi connectivity index (χ1n) is 7.04. The van der Waals surface area contributed by atoms with Crippen LogP contribution in [-0.4, -0.2) is 37.8 Å². The Balaban J connectivity index is 2.33. The van der Waals surface area contributed by atoms with E-state index in [4.69, 9.17) is 0 Å². The molecule has 0 aromatic heterocycles. The van der Waals surface area contributed by atoms with Crippen molar-refractivity contribution in [1.82, 2.24) is 9.62 Å². The number of rotatable bonds is 2. The van der Waals surface area contributed by atoms with Crippen molar-refractivity contribution in [1.29, 1.82) is 0 Å². The number of carbonyl (C=O) groups is 1. The number of hydrogen-bond donors (Lipinski definition) is 1. The largest absolute Gasteiger partial charge is 0.353 e. The molecular weight excluding hydrogens is 288 g/mol. The number of amides is 1. The third kappa shape index (κ3) is 3.11. The van der Waals surface area contributed by atoms with Crippen LogP contribution in [0.15, 0.2) is 29.2 Å². The van der Waals surface area contributed by atoms with Gasteiger partial charge in [0.1, 0.15) is 6.04 Å². The SMILES string of the molecule is CC1C(=O)NCCN1S(=O)(=O)c1ccc(C(C)(C)C)cc1. The fraction of sp³-hybridized carbons (Fsp3) is 0.533. The van der Waals surface area contributed by atoms with Crippen LogP contribution in [0, 0.1) is 0 Å². The summed E-state index contributed by atoms with van der Waals surface area (Å²) in [6.45, 7) is 8.49. The van der Waals surface area contributed by atoms with Crippen molar-refractivity contribution in [2.24, 2.45) is 0 Å². The maximum atomic E-state index is 12.7. The van der Waals surface area contributed by atoms with Gasteiger partial charge in [0.15, 0.2) is 0 Å². The van der Waals surface area contributed by atoms with Crippen LogP contribution < -0.4 is 5.32 Å². The molecule has 6 heteroatoms. The van der Waals surface area contributed by atoms with E-state index in [0.717, 1.165) is 5.56 Å². The first-order chi connectivity index (χ1) is 9.64. The van der Waals surface area contributed by atoms with Crippen molar-refractivity contribution in [2.45, 2.75) is 44.0 Å². The lowest BCUT2D eigenvalue weighted by atomic mass is 9.87. The normalized spacial score (nSPS) is 21.1. The molecule has 1 aromatic rings. The van der Waals surface area contributed by atoms with Crippen LogP contribution in [0.1, 0.15) is 33.3 Å². The number of nitrogens with zero attached hydrogens (tertiary/aromatic N) is 1. The molecule has 5 nitrogen and oxygen atoms in total. The summed E-state index contributed by atoms with van der Waals surface area (Å²) in [7, 11) is -3.63. The Bertz CT molecular complexity index is 630. The predicted molar refractivity (Wildman–Crippen MR) is 81.5 cm³/mol. The van der Waals surface area contributed by atoms with Crippen LogP contribution in [-0.2, 0) is 20.2 Å². The smallest absolute Gasteiger partial charge is 0.243 e. The second-order valence-corrected chi connectivity index (χ2v) is 8.25. The van der Waals surface area contributed by atoms with E-state index in [-0.39, 0.29) is 16.2 Å². The fourth-order valence-corrected chi connectivity index (χ4v) is 3.95. The van der Waals surface area contributed by atoms with Gasteiger partial charge in [-0.1, -0.05) is 32.9 Å². The van der Waals surface area contributed by atoms with E-state index in [0.29, 0.717) is 13.1 Å². The predicted octanol–water partition coefficient (Wildman–Crippen LogP) is 1.49. The third-order valence-electron chi connectivity index (χ3n) is 3.77. The minimum absolute atomic E-state index is 0.0272. The van der Waals surface area contributed by atoms with Crippen molar-refractivity contribution in [3.63, 3.8) is 0 Å². The molecule has 1 N–H and O–H groups in total. The molecule has 0 radical (unpaired) electrons. The molecule has 0 bridgehead atoms. The number of piperazine rings is 1. The van der Waals surface area contributed by atoms with Crippen LogP contribution in [0.3, 0.4) is 0 Å². The number of carbonyl (C=O) groups excluding carboxylic acids is 1. The summed E-state index contributed by atoms with van der Waals surface area (Å²) in [5.41, 5.74) is 1.05. The van der Waals surface area contributed by atoms with E-state index in [9.17, 15) is 13.2 Å². The monoisotopic (exact) mass is 310 g/mol. The highest BCUT2D eigenvalue weighted by molar-refractivity contribution is 7.89. The highest BCUT2D eigenvalue weighted by Gasteiger charge is 2.35. The fourth-order valence-electron chi connectivity index (χ4n) is 2.35. The maximum absolute atomic E-state index is 12.7. The van der Waals surface area contributed by atoms with Crippen LogP contribution in [0.5, 0.6) is 0 Å². The Morgan fingerprint density at radius 2 is 1.76 bits per heavy atom. The summed E-state index contributed by atoms with van der Waals surface area (Å²) >= 11 is 0.